The van der Waals surface area contributed by atoms with E-state index in [1.165, 1.54) is 12.8 Å². The number of ether oxygens (including phenoxy) is 1. The lowest BCUT2D eigenvalue weighted by molar-refractivity contribution is -0.205. The molecule has 0 aromatic carbocycles. The first kappa shape index (κ1) is 26.7. The molecule has 5 rings (SSSR count). The second kappa shape index (κ2) is 9.41. The molecule has 5 aliphatic rings. The molecule has 4 bridgehead atoms. The first-order valence-corrected chi connectivity index (χ1v) is 15.4. The molecule has 2 saturated heterocycles. The molecule has 202 valence electrons. The predicted molar refractivity (Wildman–Crippen MR) is 145 cm³/mol. The summed E-state index contributed by atoms with van der Waals surface area (Å²) < 4.78 is 6.42. The summed E-state index contributed by atoms with van der Waals surface area (Å²) >= 11 is 1.76. The van der Waals surface area contributed by atoms with Gasteiger partial charge in [-0.25, -0.2) is 0 Å². The van der Waals surface area contributed by atoms with Crippen LogP contribution in [0.4, 0.5) is 0 Å². The molecule has 3 aliphatic carbocycles. The number of carbonyl (C=O) groups is 2. The molecule has 0 aromatic rings. The van der Waals surface area contributed by atoms with Crippen LogP contribution in [0.1, 0.15) is 85.5 Å². The lowest BCUT2D eigenvalue weighted by Crippen LogP contribution is -2.63. The van der Waals surface area contributed by atoms with Crippen LogP contribution < -0.4 is 0 Å². The highest BCUT2D eigenvalue weighted by atomic mass is 32.2. The van der Waals surface area contributed by atoms with Crippen LogP contribution in [0, 0.1) is 34.0 Å². The summed E-state index contributed by atoms with van der Waals surface area (Å²) in [4.78, 5) is 29.4. The number of Topliss-reactive ketones (excluding diaryl/α,β-unsaturated/α-hetero) is 1. The number of hydrogen-bond donors (Lipinski definition) is 1. The fourth-order valence-corrected chi connectivity index (χ4v) is 10.5. The second-order valence-corrected chi connectivity index (χ2v) is 14.8. The van der Waals surface area contributed by atoms with Gasteiger partial charge in [-0.1, -0.05) is 33.8 Å². The largest absolute Gasteiger partial charge is 0.461 e. The Labute approximate surface area is 222 Å². The molecule has 10 atom stereocenters. The van der Waals surface area contributed by atoms with Gasteiger partial charge in [-0.15, -0.1) is 18.3 Å². The average molecular weight is 518 g/mol. The predicted octanol–water partition coefficient (Wildman–Crippen LogP) is 5.25. The Balaban J connectivity index is 1.39. The van der Waals surface area contributed by atoms with Crippen LogP contribution in [0.5, 0.6) is 0 Å². The number of fused-ring (bicyclic) bond motifs is 2. The number of carbonyl (C=O) groups excluding carboxylic acids is 2. The molecule has 2 unspecified atom stereocenters. The maximum Gasteiger partial charge on any atom is 0.316 e. The first-order valence-electron chi connectivity index (χ1n) is 14.3. The van der Waals surface area contributed by atoms with E-state index in [9.17, 15) is 14.7 Å². The molecular formula is C30H47NO4S. The van der Waals surface area contributed by atoms with E-state index in [0.29, 0.717) is 41.7 Å². The summed E-state index contributed by atoms with van der Waals surface area (Å²) in [6.07, 6.45) is 9.58. The lowest BCUT2D eigenvalue weighted by atomic mass is 9.44. The lowest BCUT2D eigenvalue weighted by Gasteiger charge is -2.61. The number of thioether (sulfide) groups is 1. The third-order valence-electron chi connectivity index (χ3n) is 12.1. The summed E-state index contributed by atoms with van der Waals surface area (Å²) in [5.74, 6) is 0.605. The monoisotopic (exact) mass is 517 g/mol. The van der Waals surface area contributed by atoms with E-state index < -0.39 is 23.0 Å². The fraction of sp³-hybridized carbons (Fsp3) is 0.867. The molecule has 36 heavy (non-hydrogen) atoms. The van der Waals surface area contributed by atoms with Crippen molar-refractivity contribution >= 4 is 23.5 Å². The molecule has 0 radical (unpaired) electrons. The Kier molecular flexibility index (Phi) is 6.99. The van der Waals surface area contributed by atoms with Crippen molar-refractivity contribution in [2.45, 2.75) is 115 Å². The topological polar surface area (TPSA) is 66.8 Å². The van der Waals surface area contributed by atoms with Gasteiger partial charge in [0, 0.05) is 40.5 Å². The Morgan fingerprint density at radius 1 is 1.19 bits per heavy atom. The van der Waals surface area contributed by atoms with E-state index in [0.717, 1.165) is 32.1 Å². The van der Waals surface area contributed by atoms with Crippen LogP contribution >= 0.6 is 11.8 Å². The number of hydrogen-bond acceptors (Lipinski definition) is 6. The van der Waals surface area contributed by atoms with Gasteiger partial charge in [-0.05, 0) is 75.7 Å². The van der Waals surface area contributed by atoms with Crippen LogP contribution in [0.15, 0.2) is 12.7 Å². The van der Waals surface area contributed by atoms with Gasteiger partial charge in [0.1, 0.15) is 11.9 Å². The summed E-state index contributed by atoms with van der Waals surface area (Å²) in [6, 6.07) is 1.31. The third kappa shape index (κ3) is 3.95. The van der Waals surface area contributed by atoms with E-state index >= 15 is 0 Å². The van der Waals surface area contributed by atoms with Gasteiger partial charge >= 0.3 is 5.97 Å². The van der Waals surface area contributed by atoms with Crippen molar-refractivity contribution in [3.05, 3.63) is 12.7 Å². The normalized spacial score (nSPS) is 50.8. The molecule has 2 aliphatic heterocycles. The number of rotatable bonds is 5. The van der Waals surface area contributed by atoms with Gasteiger partial charge in [0.05, 0.1) is 11.9 Å². The SMILES string of the molecule is C=C[C@]1(C)C[C@@H](OC(=O)CSC2CC3CCC(C2)N3C)[C@]2(C)[C@H](C)CC[C@]3(CCC(=O)[C@H]32)[C@@H](C)[C@@H]1O. The Hall–Kier alpha value is -0.850. The van der Waals surface area contributed by atoms with E-state index in [2.05, 4.69) is 46.2 Å². The van der Waals surface area contributed by atoms with Crippen LogP contribution in [0.3, 0.4) is 0 Å². The van der Waals surface area contributed by atoms with Crippen LogP contribution in [0.2, 0.25) is 0 Å². The molecule has 0 spiro atoms. The molecule has 0 aromatic heterocycles. The minimum absolute atomic E-state index is 0.00390. The number of aliphatic hydroxyl groups excluding tert-OH is 1. The van der Waals surface area contributed by atoms with Crippen molar-refractivity contribution in [2.75, 3.05) is 12.8 Å². The van der Waals surface area contributed by atoms with Crippen molar-refractivity contribution in [2.24, 2.45) is 34.0 Å². The summed E-state index contributed by atoms with van der Waals surface area (Å²) in [7, 11) is 2.24. The summed E-state index contributed by atoms with van der Waals surface area (Å²) in [6.45, 7) is 12.8. The summed E-state index contributed by atoms with van der Waals surface area (Å²) in [5, 5.41) is 12.2. The molecule has 0 amide bonds. The molecule has 3 saturated carbocycles. The number of nitrogens with zero attached hydrogens (tertiary/aromatic N) is 1. The smallest absolute Gasteiger partial charge is 0.316 e. The number of aliphatic hydroxyl groups is 1. The molecule has 5 fully saturated rings. The summed E-state index contributed by atoms with van der Waals surface area (Å²) in [5.41, 5.74) is -1.24. The zero-order valence-corrected chi connectivity index (χ0v) is 23.8. The highest BCUT2D eigenvalue weighted by Gasteiger charge is 2.68. The van der Waals surface area contributed by atoms with Crippen molar-refractivity contribution in [3.63, 3.8) is 0 Å². The van der Waals surface area contributed by atoms with Crippen LogP contribution in [-0.4, -0.2) is 64.1 Å². The van der Waals surface area contributed by atoms with Crippen molar-refractivity contribution in [3.8, 4) is 0 Å². The quantitative estimate of drug-likeness (QED) is 0.397. The van der Waals surface area contributed by atoms with Gasteiger partial charge in [-0.3, -0.25) is 9.59 Å². The number of ketones is 1. The van der Waals surface area contributed by atoms with Crippen LogP contribution in [-0.2, 0) is 14.3 Å². The highest BCUT2D eigenvalue weighted by molar-refractivity contribution is 8.00. The van der Waals surface area contributed by atoms with Gasteiger partial charge in [0.15, 0.2) is 0 Å². The minimum Gasteiger partial charge on any atom is -0.461 e. The second-order valence-electron chi connectivity index (χ2n) is 13.5. The van der Waals surface area contributed by atoms with Gasteiger partial charge in [0.2, 0.25) is 0 Å². The molecule has 2 heterocycles. The van der Waals surface area contributed by atoms with Crippen molar-refractivity contribution < 1.29 is 19.4 Å². The average Bonchev–Trinajstić information content (AvgIpc) is 3.28. The molecule has 5 nitrogen and oxygen atoms in total. The van der Waals surface area contributed by atoms with E-state index in [4.69, 9.17) is 4.74 Å². The molecular weight excluding hydrogens is 470 g/mol. The van der Waals surface area contributed by atoms with Crippen molar-refractivity contribution in [1.82, 2.24) is 4.90 Å². The van der Waals surface area contributed by atoms with Gasteiger partial charge in [-0.2, -0.15) is 0 Å². The number of piperidine rings is 1. The zero-order chi connectivity index (χ0) is 26.0. The zero-order valence-electron chi connectivity index (χ0n) is 23.0. The highest BCUT2D eigenvalue weighted by Crippen LogP contribution is 2.68. The first-order chi connectivity index (χ1) is 17.0. The number of esters is 1. The Morgan fingerprint density at radius 3 is 2.50 bits per heavy atom. The van der Waals surface area contributed by atoms with Crippen LogP contribution in [0.25, 0.3) is 0 Å². The minimum atomic E-state index is -0.619. The van der Waals surface area contributed by atoms with Gasteiger partial charge < -0.3 is 14.7 Å². The Morgan fingerprint density at radius 2 is 1.86 bits per heavy atom. The van der Waals surface area contributed by atoms with E-state index in [1.54, 1.807) is 11.8 Å². The molecule has 6 heteroatoms. The van der Waals surface area contributed by atoms with E-state index in [1.807, 2.05) is 6.08 Å². The van der Waals surface area contributed by atoms with E-state index in [-0.39, 0.29) is 29.1 Å². The molecule has 1 N–H and O–H groups in total. The Bertz CT molecular complexity index is 895. The third-order valence-corrected chi connectivity index (χ3v) is 13.3. The van der Waals surface area contributed by atoms with Crippen molar-refractivity contribution in [1.29, 1.82) is 0 Å². The standard InChI is InChI=1S/C30H47NO4S/c1-7-28(4)16-24(35-25(33)17-36-22-14-20-8-9-21(15-22)31(20)6)29(5)18(2)10-12-30(19(3)27(28)34)13-11-23(32)26(29)30/h7,18-22,24,26-27,34H,1,8-17H2,2-6H3/t18-,19+,20?,21?,22?,24-,26+,27+,28-,29+,30+/m1/s1. The fourth-order valence-electron chi connectivity index (χ4n) is 9.38. The maximum atomic E-state index is 13.5. The maximum absolute atomic E-state index is 13.5. The van der Waals surface area contributed by atoms with Gasteiger partial charge in [0.25, 0.3) is 0 Å².